The lowest BCUT2D eigenvalue weighted by Crippen LogP contribution is -2.36. The van der Waals surface area contributed by atoms with Gasteiger partial charge in [0.05, 0.1) is 18.1 Å². The quantitative estimate of drug-likeness (QED) is 0.463. The largest absolute Gasteiger partial charge is 0.378 e. The van der Waals surface area contributed by atoms with Gasteiger partial charge in [0.2, 0.25) is 0 Å². The number of aromatic nitrogens is 1. The van der Waals surface area contributed by atoms with Gasteiger partial charge in [0.1, 0.15) is 5.82 Å². The summed E-state index contributed by atoms with van der Waals surface area (Å²) in [5.41, 5.74) is 2.02. The van der Waals surface area contributed by atoms with Gasteiger partial charge >= 0.3 is 0 Å². The molecule has 1 fully saturated rings. The van der Waals surface area contributed by atoms with E-state index in [9.17, 15) is 18.0 Å². The van der Waals surface area contributed by atoms with Crippen molar-refractivity contribution in [2.75, 3.05) is 35.9 Å². The van der Waals surface area contributed by atoms with Crippen LogP contribution in [0.2, 0.25) is 0 Å². The molecule has 3 aromatic rings. The van der Waals surface area contributed by atoms with E-state index in [2.05, 4.69) is 19.9 Å². The van der Waals surface area contributed by atoms with E-state index in [1.54, 1.807) is 18.3 Å². The topological polar surface area (TPSA) is 118 Å². The van der Waals surface area contributed by atoms with Crippen LogP contribution < -0.4 is 14.9 Å². The Balaban J connectivity index is 1.32. The van der Waals surface area contributed by atoms with Crippen molar-refractivity contribution in [3.8, 4) is 0 Å². The van der Waals surface area contributed by atoms with E-state index in [0.29, 0.717) is 36.6 Å². The minimum Gasteiger partial charge on any atom is -0.378 e. The second-order valence-electron chi connectivity index (χ2n) is 8.07. The Morgan fingerprint density at radius 3 is 2.20 bits per heavy atom. The zero-order chi connectivity index (χ0) is 24.8. The number of nitrogens with one attached hydrogen (secondary N) is 2. The molecule has 4 rings (SSSR count). The number of pyridine rings is 1. The third-order valence-electron chi connectivity index (χ3n) is 5.57. The van der Waals surface area contributed by atoms with Gasteiger partial charge < -0.3 is 15.0 Å². The van der Waals surface area contributed by atoms with E-state index in [-0.39, 0.29) is 16.6 Å². The van der Waals surface area contributed by atoms with E-state index in [4.69, 9.17) is 4.74 Å². The number of amides is 1. The summed E-state index contributed by atoms with van der Waals surface area (Å²) in [5, 5.41) is 2.84. The van der Waals surface area contributed by atoms with Gasteiger partial charge in [-0.05, 0) is 55.0 Å². The van der Waals surface area contributed by atoms with Crippen LogP contribution in [0.4, 0.5) is 11.5 Å². The number of Topliss-reactive ketones (excluding diaryl/α,β-unsaturated/α-hetero) is 1. The smallest absolute Gasteiger partial charge is 0.261 e. The number of rotatable bonds is 8. The molecule has 1 aliphatic heterocycles. The highest BCUT2D eigenvalue weighted by atomic mass is 32.2. The van der Waals surface area contributed by atoms with Crippen molar-refractivity contribution >= 4 is 33.2 Å². The number of anilines is 2. The zero-order valence-corrected chi connectivity index (χ0v) is 20.0. The van der Waals surface area contributed by atoms with Crippen LogP contribution in [0.5, 0.6) is 0 Å². The van der Waals surface area contributed by atoms with Gasteiger partial charge in [0, 0.05) is 42.6 Å². The second-order valence-corrected chi connectivity index (χ2v) is 9.75. The van der Waals surface area contributed by atoms with Crippen molar-refractivity contribution in [2.24, 2.45) is 0 Å². The van der Waals surface area contributed by atoms with Crippen molar-refractivity contribution in [1.29, 1.82) is 0 Å². The van der Waals surface area contributed by atoms with E-state index < -0.39 is 10.0 Å². The van der Waals surface area contributed by atoms with Crippen molar-refractivity contribution in [1.82, 2.24) is 10.3 Å². The fraction of sp³-hybridized carbons (Fsp3) is 0.240. The van der Waals surface area contributed by atoms with Crippen molar-refractivity contribution in [2.45, 2.75) is 18.4 Å². The number of ether oxygens (including phenoxy) is 1. The van der Waals surface area contributed by atoms with E-state index in [1.807, 2.05) is 12.1 Å². The summed E-state index contributed by atoms with van der Waals surface area (Å²) in [6, 6.07) is 15.7. The van der Waals surface area contributed by atoms with Crippen molar-refractivity contribution in [3.05, 3.63) is 83.6 Å². The van der Waals surface area contributed by atoms with Crippen LogP contribution in [-0.2, 0) is 21.3 Å². The molecule has 2 heterocycles. The summed E-state index contributed by atoms with van der Waals surface area (Å²) in [6.07, 6.45) is 1.74. The van der Waals surface area contributed by atoms with Crippen molar-refractivity contribution < 1.29 is 22.7 Å². The van der Waals surface area contributed by atoms with Crippen LogP contribution in [0.3, 0.4) is 0 Å². The number of hydrogen-bond acceptors (Lipinski definition) is 7. The fourth-order valence-corrected chi connectivity index (χ4v) is 4.62. The fourth-order valence-electron chi connectivity index (χ4n) is 3.56. The Labute approximate surface area is 204 Å². The molecule has 0 radical (unpaired) electrons. The summed E-state index contributed by atoms with van der Waals surface area (Å²) in [5.74, 6) is 0.463. The minimum absolute atomic E-state index is 0.0394. The van der Waals surface area contributed by atoms with Crippen LogP contribution >= 0.6 is 0 Å². The molecule has 1 aromatic heterocycles. The van der Waals surface area contributed by atoms with Gasteiger partial charge in [0.15, 0.2) is 5.78 Å². The lowest BCUT2D eigenvalue weighted by Gasteiger charge is -2.27. The molecule has 0 saturated carbocycles. The maximum Gasteiger partial charge on any atom is 0.261 e. The first kappa shape index (κ1) is 24.4. The predicted molar refractivity (Wildman–Crippen MR) is 132 cm³/mol. The van der Waals surface area contributed by atoms with E-state index >= 15 is 0 Å². The number of carbonyl (C=O) groups excluding carboxylic acids is 2. The van der Waals surface area contributed by atoms with Gasteiger partial charge in [0.25, 0.3) is 15.9 Å². The summed E-state index contributed by atoms with van der Waals surface area (Å²) in [4.78, 5) is 30.6. The first-order valence-electron chi connectivity index (χ1n) is 11.1. The van der Waals surface area contributed by atoms with Gasteiger partial charge in [-0.1, -0.05) is 18.2 Å². The number of benzene rings is 2. The summed E-state index contributed by atoms with van der Waals surface area (Å²) in [6.45, 7) is 4.73. The molecule has 0 unspecified atom stereocenters. The normalized spacial score (nSPS) is 13.8. The first-order valence-corrected chi connectivity index (χ1v) is 12.6. The molecule has 1 saturated heterocycles. The number of carbonyl (C=O) groups is 2. The Morgan fingerprint density at radius 1 is 0.943 bits per heavy atom. The third kappa shape index (κ3) is 6.23. The average Bonchev–Trinajstić information content (AvgIpc) is 2.88. The molecule has 35 heavy (non-hydrogen) atoms. The molecule has 0 bridgehead atoms. The first-order chi connectivity index (χ1) is 16.8. The molecule has 9 nitrogen and oxygen atoms in total. The Bertz CT molecular complexity index is 1290. The highest BCUT2D eigenvalue weighted by molar-refractivity contribution is 7.92. The Hall–Kier alpha value is -3.76. The minimum atomic E-state index is -3.83. The van der Waals surface area contributed by atoms with Crippen LogP contribution in [0.1, 0.15) is 33.2 Å². The zero-order valence-electron chi connectivity index (χ0n) is 19.2. The number of morpholine rings is 1. The molecule has 182 valence electrons. The molecule has 0 aliphatic carbocycles. The van der Waals surface area contributed by atoms with Crippen LogP contribution in [-0.4, -0.2) is 51.4 Å². The predicted octanol–water partition coefficient (Wildman–Crippen LogP) is 2.85. The lowest BCUT2D eigenvalue weighted by molar-refractivity contribution is 0.0950. The third-order valence-corrected chi connectivity index (χ3v) is 6.96. The lowest BCUT2D eigenvalue weighted by atomic mass is 10.2. The van der Waals surface area contributed by atoms with E-state index in [0.717, 1.165) is 24.5 Å². The maximum absolute atomic E-state index is 12.6. The van der Waals surface area contributed by atoms with Gasteiger partial charge in [-0.15, -0.1) is 0 Å². The second kappa shape index (κ2) is 10.7. The Kier molecular flexibility index (Phi) is 7.42. The van der Waals surface area contributed by atoms with Crippen molar-refractivity contribution in [3.63, 3.8) is 0 Å². The van der Waals surface area contributed by atoms with Crippen LogP contribution in [0.15, 0.2) is 71.8 Å². The molecule has 1 aliphatic rings. The van der Waals surface area contributed by atoms with Crippen LogP contribution in [0, 0.1) is 0 Å². The maximum atomic E-state index is 12.6. The monoisotopic (exact) mass is 494 g/mol. The average molecular weight is 495 g/mol. The molecule has 0 spiro atoms. The highest BCUT2D eigenvalue weighted by Crippen LogP contribution is 2.18. The summed E-state index contributed by atoms with van der Waals surface area (Å²) >= 11 is 0. The molecule has 2 aromatic carbocycles. The summed E-state index contributed by atoms with van der Waals surface area (Å²) < 4.78 is 33.0. The SMILES string of the molecule is CC(=O)c1ccc(S(=O)(=O)Nc2ccc(C(=O)NCc3ccc(N4CCOCC4)nc3)cc2)cc1. The standard InChI is InChI=1S/C25H26N4O5S/c1-18(30)20-5-9-23(10-6-20)35(32,33)28-22-7-3-21(4-8-22)25(31)27-17-19-2-11-24(26-16-19)29-12-14-34-15-13-29/h2-11,16,28H,12-15,17H2,1H3,(H,27,31). The summed E-state index contributed by atoms with van der Waals surface area (Å²) in [7, 11) is -3.83. The molecule has 10 heteroatoms. The van der Waals surface area contributed by atoms with Gasteiger partial charge in [-0.3, -0.25) is 14.3 Å². The number of sulfonamides is 1. The van der Waals surface area contributed by atoms with Crippen LogP contribution in [0.25, 0.3) is 0 Å². The Morgan fingerprint density at radius 2 is 1.60 bits per heavy atom. The van der Waals surface area contributed by atoms with E-state index in [1.165, 1.54) is 43.3 Å². The number of hydrogen-bond donors (Lipinski definition) is 2. The van der Waals surface area contributed by atoms with Gasteiger partial charge in [-0.25, -0.2) is 13.4 Å². The molecule has 2 N–H and O–H groups in total. The molecule has 0 atom stereocenters. The number of nitrogens with zero attached hydrogens (tertiary/aromatic N) is 2. The molecular formula is C25H26N4O5S. The molecule has 1 amide bonds. The number of ketones is 1. The van der Waals surface area contributed by atoms with Gasteiger partial charge in [-0.2, -0.15) is 0 Å². The molecular weight excluding hydrogens is 468 g/mol. The highest BCUT2D eigenvalue weighted by Gasteiger charge is 2.16.